The van der Waals surface area contributed by atoms with Gasteiger partial charge in [-0.05, 0) is 55.8 Å². The van der Waals surface area contributed by atoms with Crippen molar-refractivity contribution in [1.82, 2.24) is 5.32 Å². The third kappa shape index (κ3) is 3.76. The van der Waals surface area contributed by atoms with Gasteiger partial charge in [-0.15, -0.1) is 0 Å². The van der Waals surface area contributed by atoms with Gasteiger partial charge in [0.05, 0.1) is 13.2 Å². The first-order valence-corrected chi connectivity index (χ1v) is 9.19. The molecule has 28 heavy (non-hydrogen) atoms. The molecule has 6 nitrogen and oxygen atoms in total. The van der Waals surface area contributed by atoms with Crippen molar-refractivity contribution in [3.05, 3.63) is 53.6 Å². The van der Waals surface area contributed by atoms with Crippen molar-refractivity contribution in [3.8, 4) is 23.0 Å². The Hall–Kier alpha value is -3.15. The van der Waals surface area contributed by atoms with E-state index in [4.69, 9.17) is 18.9 Å². The average molecular weight is 381 g/mol. The van der Waals surface area contributed by atoms with E-state index in [-0.39, 0.29) is 24.3 Å². The van der Waals surface area contributed by atoms with Crippen LogP contribution in [0.3, 0.4) is 0 Å². The summed E-state index contributed by atoms with van der Waals surface area (Å²) < 4.78 is 22.0. The number of methoxy groups -OCH3 is 1. The van der Waals surface area contributed by atoms with Crippen molar-refractivity contribution in [2.45, 2.75) is 31.9 Å². The second-order valence-corrected chi connectivity index (χ2v) is 7.48. The maximum Gasteiger partial charge on any atom is 0.244 e. The van der Waals surface area contributed by atoms with Crippen LogP contribution in [0.1, 0.15) is 37.4 Å². The van der Waals surface area contributed by atoms with Gasteiger partial charge in [0, 0.05) is 18.1 Å². The van der Waals surface area contributed by atoms with Crippen molar-refractivity contribution in [1.29, 1.82) is 0 Å². The lowest BCUT2D eigenvalue weighted by molar-refractivity contribution is -0.117. The van der Waals surface area contributed by atoms with Gasteiger partial charge in [0.1, 0.15) is 17.1 Å². The van der Waals surface area contributed by atoms with E-state index in [1.165, 1.54) is 6.08 Å². The smallest absolute Gasteiger partial charge is 0.244 e. The molecule has 4 rings (SSSR count). The number of fused-ring (bicyclic) bond motifs is 2. The Morgan fingerprint density at radius 3 is 2.75 bits per heavy atom. The molecule has 0 aromatic heterocycles. The summed E-state index contributed by atoms with van der Waals surface area (Å²) >= 11 is 0. The highest BCUT2D eigenvalue weighted by atomic mass is 16.7. The van der Waals surface area contributed by atoms with Gasteiger partial charge in [0.25, 0.3) is 0 Å². The van der Waals surface area contributed by atoms with Crippen LogP contribution < -0.4 is 24.3 Å². The van der Waals surface area contributed by atoms with Gasteiger partial charge in [-0.3, -0.25) is 4.79 Å². The molecule has 146 valence electrons. The van der Waals surface area contributed by atoms with Gasteiger partial charge in [-0.25, -0.2) is 0 Å². The summed E-state index contributed by atoms with van der Waals surface area (Å²) in [5, 5.41) is 3.09. The molecule has 0 fully saturated rings. The lowest BCUT2D eigenvalue weighted by atomic mass is 9.89. The number of rotatable bonds is 4. The van der Waals surface area contributed by atoms with E-state index in [2.05, 4.69) is 5.32 Å². The van der Waals surface area contributed by atoms with Crippen LogP contribution in [-0.4, -0.2) is 25.4 Å². The normalized spacial score (nSPS) is 19.0. The molecule has 0 bridgehead atoms. The van der Waals surface area contributed by atoms with Crippen LogP contribution in [0.4, 0.5) is 0 Å². The molecule has 2 aliphatic rings. The number of carbonyl (C=O) groups excluding carboxylic acids is 1. The van der Waals surface area contributed by atoms with E-state index < -0.39 is 0 Å². The highest BCUT2D eigenvalue weighted by Crippen LogP contribution is 2.41. The maximum atomic E-state index is 12.6. The molecule has 2 aromatic rings. The van der Waals surface area contributed by atoms with Gasteiger partial charge in [0.2, 0.25) is 12.7 Å². The van der Waals surface area contributed by atoms with E-state index in [9.17, 15) is 4.79 Å². The molecule has 0 aliphatic carbocycles. The molecule has 0 saturated heterocycles. The van der Waals surface area contributed by atoms with Gasteiger partial charge in [-0.1, -0.05) is 6.07 Å². The van der Waals surface area contributed by atoms with Crippen molar-refractivity contribution >= 4 is 12.0 Å². The summed E-state index contributed by atoms with van der Waals surface area (Å²) in [6.45, 7) is 4.26. The Balaban J connectivity index is 1.51. The summed E-state index contributed by atoms with van der Waals surface area (Å²) in [5.41, 5.74) is 1.41. The second-order valence-electron chi connectivity index (χ2n) is 7.48. The summed E-state index contributed by atoms with van der Waals surface area (Å²) in [4.78, 5) is 12.6. The minimum Gasteiger partial charge on any atom is -0.497 e. The Morgan fingerprint density at radius 1 is 1.14 bits per heavy atom. The molecular weight excluding hydrogens is 358 g/mol. The molecule has 2 aromatic carbocycles. The number of hydrogen-bond donors (Lipinski definition) is 1. The van der Waals surface area contributed by atoms with Crippen LogP contribution in [0.5, 0.6) is 23.0 Å². The fourth-order valence-corrected chi connectivity index (χ4v) is 3.50. The number of amides is 1. The first kappa shape index (κ1) is 18.2. The summed E-state index contributed by atoms with van der Waals surface area (Å²) in [6.07, 6.45) is 3.95. The minimum atomic E-state index is -0.374. The van der Waals surface area contributed by atoms with E-state index >= 15 is 0 Å². The lowest BCUT2D eigenvalue weighted by Gasteiger charge is -2.37. The highest BCUT2D eigenvalue weighted by molar-refractivity contribution is 5.92. The van der Waals surface area contributed by atoms with Crippen molar-refractivity contribution < 1.29 is 23.7 Å². The highest BCUT2D eigenvalue weighted by Gasteiger charge is 2.34. The van der Waals surface area contributed by atoms with Crippen LogP contribution in [0.25, 0.3) is 6.08 Å². The molecule has 1 amide bonds. The van der Waals surface area contributed by atoms with Crippen molar-refractivity contribution in [2.24, 2.45) is 0 Å². The fraction of sp³-hybridized carbons (Fsp3) is 0.318. The molecule has 1 N–H and O–H groups in total. The lowest BCUT2D eigenvalue weighted by Crippen LogP contribution is -2.40. The van der Waals surface area contributed by atoms with Gasteiger partial charge >= 0.3 is 0 Å². The Labute approximate surface area is 164 Å². The number of hydrogen-bond acceptors (Lipinski definition) is 5. The minimum absolute atomic E-state index is 0.164. The van der Waals surface area contributed by atoms with E-state index in [1.807, 2.05) is 50.2 Å². The molecule has 0 unspecified atom stereocenters. The molecule has 1 atom stereocenters. The summed E-state index contributed by atoms with van der Waals surface area (Å²) in [5.74, 6) is 2.74. The monoisotopic (exact) mass is 381 g/mol. The SMILES string of the molecule is COc1ccc2c(c1)[C@H](NC(=O)/C=C/c1ccc3c(c1)OCO3)CC(C)(C)O2. The van der Waals surface area contributed by atoms with Crippen LogP contribution in [0.2, 0.25) is 0 Å². The average Bonchev–Trinajstić information content (AvgIpc) is 3.13. The number of ether oxygens (including phenoxy) is 4. The van der Waals surface area contributed by atoms with Gasteiger partial charge in [-0.2, -0.15) is 0 Å². The fourth-order valence-electron chi connectivity index (χ4n) is 3.50. The largest absolute Gasteiger partial charge is 0.497 e. The van der Waals surface area contributed by atoms with E-state index in [0.29, 0.717) is 12.2 Å². The van der Waals surface area contributed by atoms with Crippen LogP contribution >= 0.6 is 0 Å². The zero-order valence-corrected chi connectivity index (χ0v) is 16.2. The first-order valence-electron chi connectivity index (χ1n) is 9.19. The zero-order valence-electron chi connectivity index (χ0n) is 16.2. The predicted molar refractivity (Wildman–Crippen MR) is 105 cm³/mol. The Kier molecular flexibility index (Phi) is 4.63. The molecule has 2 aliphatic heterocycles. The molecule has 0 radical (unpaired) electrons. The number of carbonyl (C=O) groups is 1. The quantitative estimate of drug-likeness (QED) is 0.815. The number of nitrogens with one attached hydrogen (secondary N) is 1. The molecule has 2 heterocycles. The van der Waals surface area contributed by atoms with Crippen LogP contribution in [-0.2, 0) is 4.79 Å². The first-order chi connectivity index (χ1) is 13.4. The Morgan fingerprint density at radius 2 is 1.93 bits per heavy atom. The number of benzene rings is 2. The third-order valence-corrected chi connectivity index (χ3v) is 4.81. The molecular formula is C22H23NO5. The molecule has 6 heteroatoms. The van der Waals surface area contributed by atoms with E-state index in [1.54, 1.807) is 13.2 Å². The zero-order chi connectivity index (χ0) is 19.7. The summed E-state index contributed by atoms with van der Waals surface area (Å²) in [6, 6.07) is 11.1. The van der Waals surface area contributed by atoms with Gasteiger partial charge in [0.15, 0.2) is 11.5 Å². The van der Waals surface area contributed by atoms with Crippen LogP contribution in [0, 0.1) is 0 Å². The third-order valence-electron chi connectivity index (χ3n) is 4.81. The van der Waals surface area contributed by atoms with Crippen LogP contribution in [0.15, 0.2) is 42.5 Å². The maximum absolute atomic E-state index is 12.6. The second kappa shape index (κ2) is 7.11. The van der Waals surface area contributed by atoms with Crippen molar-refractivity contribution in [2.75, 3.05) is 13.9 Å². The summed E-state index contributed by atoms with van der Waals surface area (Å²) in [7, 11) is 1.62. The van der Waals surface area contributed by atoms with Gasteiger partial charge < -0.3 is 24.3 Å². The van der Waals surface area contributed by atoms with E-state index in [0.717, 1.165) is 28.4 Å². The predicted octanol–water partition coefficient (Wildman–Crippen LogP) is 3.86. The topological polar surface area (TPSA) is 66.0 Å². The standard InChI is InChI=1S/C22H23NO5/c1-22(2)12-17(16-11-15(25-3)6-8-18(16)28-22)23-21(24)9-5-14-4-7-19-20(10-14)27-13-26-19/h4-11,17H,12-13H2,1-3H3,(H,23,24)/b9-5+/t17-/m1/s1. The Bertz CT molecular complexity index is 935. The molecule has 0 spiro atoms. The molecule has 0 saturated carbocycles. The van der Waals surface area contributed by atoms with Crippen molar-refractivity contribution in [3.63, 3.8) is 0 Å².